The number of ether oxygens (including phenoxy) is 1. The van der Waals surface area contributed by atoms with Crippen LogP contribution in [-0.4, -0.2) is 13.0 Å². The minimum Gasteiger partial charge on any atom is -0.494 e. The third-order valence-electron chi connectivity index (χ3n) is 3.96. The van der Waals surface area contributed by atoms with Gasteiger partial charge in [0, 0.05) is 18.4 Å². The molecule has 2 rings (SSSR count). The van der Waals surface area contributed by atoms with E-state index in [0.29, 0.717) is 18.4 Å². The van der Waals surface area contributed by atoms with Gasteiger partial charge in [0.2, 0.25) is 5.92 Å². The molecular formula is C14H19F3N2O. The van der Waals surface area contributed by atoms with Gasteiger partial charge in [0.25, 0.3) is 0 Å². The molecule has 0 bridgehead atoms. The summed E-state index contributed by atoms with van der Waals surface area (Å²) in [5, 5.41) is 0. The van der Waals surface area contributed by atoms with E-state index in [2.05, 4.69) is 5.43 Å². The first-order valence-electron chi connectivity index (χ1n) is 6.65. The Morgan fingerprint density at radius 1 is 1.35 bits per heavy atom. The van der Waals surface area contributed by atoms with Crippen molar-refractivity contribution in [2.75, 3.05) is 7.11 Å². The molecule has 0 saturated heterocycles. The van der Waals surface area contributed by atoms with E-state index >= 15 is 0 Å². The van der Waals surface area contributed by atoms with Gasteiger partial charge in [0.15, 0.2) is 11.6 Å². The number of hydrogen-bond donors (Lipinski definition) is 2. The summed E-state index contributed by atoms with van der Waals surface area (Å²) in [4.78, 5) is 0. The minimum atomic E-state index is -2.61. The second-order valence-corrected chi connectivity index (χ2v) is 5.20. The van der Waals surface area contributed by atoms with Crippen molar-refractivity contribution >= 4 is 0 Å². The number of hydrazine groups is 1. The fourth-order valence-electron chi connectivity index (χ4n) is 2.80. The van der Waals surface area contributed by atoms with Crippen molar-refractivity contribution in [1.29, 1.82) is 0 Å². The van der Waals surface area contributed by atoms with Crippen LogP contribution in [0.25, 0.3) is 0 Å². The quantitative estimate of drug-likeness (QED) is 0.661. The van der Waals surface area contributed by atoms with Crippen LogP contribution in [0.5, 0.6) is 5.75 Å². The number of methoxy groups -OCH3 is 1. The van der Waals surface area contributed by atoms with Crippen molar-refractivity contribution in [3.63, 3.8) is 0 Å². The molecule has 0 aliphatic heterocycles. The molecule has 0 spiro atoms. The lowest BCUT2D eigenvalue weighted by molar-refractivity contribution is -0.0499. The van der Waals surface area contributed by atoms with Gasteiger partial charge in [-0.25, -0.2) is 13.2 Å². The molecule has 0 amide bonds. The van der Waals surface area contributed by atoms with Crippen LogP contribution in [-0.2, 0) is 0 Å². The Hall–Kier alpha value is -1.27. The Morgan fingerprint density at radius 2 is 2.00 bits per heavy atom. The second-order valence-electron chi connectivity index (χ2n) is 5.20. The van der Waals surface area contributed by atoms with Crippen molar-refractivity contribution in [3.8, 4) is 5.75 Å². The normalized spacial score (nSPS) is 20.6. The Bertz CT molecular complexity index is 458. The SMILES string of the molecule is COc1cccc(C(NN)C2CCC(F)(F)CC2)c1F. The van der Waals surface area contributed by atoms with Gasteiger partial charge in [0.05, 0.1) is 13.2 Å². The molecule has 20 heavy (non-hydrogen) atoms. The maximum Gasteiger partial charge on any atom is 0.248 e. The molecule has 1 aliphatic carbocycles. The largest absolute Gasteiger partial charge is 0.494 e. The van der Waals surface area contributed by atoms with Crippen molar-refractivity contribution in [3.05, 3.63) is 29.6 Å². The van der Waals surface area contributed by atoms with Crippen molar-refractivity contribution in [1.82, 2.24) is 5.43 Å². The molecular weight excluding hydrogens is 269 g/mol. The summed E-state index contributed by atoms with van der Waals surface area (Å²) in [5.41, 5.74) is 2.93. The fraction of sp³-hybridized carbons (Fsp3) is 0.571. The van der Waals surface area contributed by atoms with Gasteiger partial charge in [-0.2, -0.15) is 0 Å². The van der Waals surface area contributed by atoms with E-state index in [9.17, 15) is 13.2 Å². The van der Waals surface area contributed by atoms with E-state index < -0.39 is 17.8 Å². The lowest BCUT2D eigenvalue weighted by atomic mass is 9.79. The third kappa shape index (κ3) is 3.07. The summed E-state index contributed by atoms with van der Waals surface area (Å²) in [6, 6.07) is 4.30. The summed E-state index contributed by atoms with van der Waals surface area (Å²) >= 11 is 0. The van der Waals surface area contributed by atoms with Crippen LogP contribution in [0.1, 0.15) is 37.3 Å². The molecule has 1 fully saturated rings. The zero-order chi connectivity index (χ0) is 14.8. The van der Waals surface area contributed by atoms with E-state index in [0.717, 1.165) is 0 Å². The molecule has 112 valence electrons. The first-order valence-corrected chi connectivity index (χ1v) is 6.65. The Morgan fingerprint density at radius 3 is 2.55 bits per heavy atom. The molecule has 0 heterocycles. The van der Waals surface area contributed by atoms with E-state index in [1.165, 1.54) is 13.2 Å². The first kappa shape index (κ1) is 15.1. The predicted octanol–water partition coefficient (Wildman–Crippen LogP) is 3.16. The second kappa shape index (κ2) is 6.01. The molecule has 1 aromatic carbocycles. The van der Waals surface area contributed by atoms with Crippen LogP contribution in [0.2, 0.25) is 0 Å². The highest BCUT2D eigenvalue weighted by Gasteiger charge is 2.38. The van der Waals surface area contributed by atoms with E-state index in [4.69, 9.17) is 10.6 Å². The third-order valence-corrected chi connectivity index (χ3v) is 3.96. The lowest BCUT2D eigenvalue weighted by Gasteiger charge is -2.33. The average Bonchev–Trinajstić information content (AvgIpc) is 2.43. The average molecular weight is 288 g/mol. The monoisotopic (exact) mass is 288 g/mol. The number of halogens is 3. The molecule has 0 aromatic heterocycles. The van der Waals surface area contributed by atoms with Gasteiger partial charge in [-0.1, -0.05) is 12.1 Å². The fourth-order valence-corrected chi connectivity index (χ4v) is 2.80. The molecule has 1 aromatic rings. The van der Waals surface area contributed by atoms with Crippen molar-refractivity contribution < 1.29 is 17.9 Å². The van der Waals surface area contributed by atoms with Crippen molar-refractivity contribution in [2.24, 2.45) is 11.8 Å². The molecule has 3 nitrogen and oxygen atoms in total. The Balaban J connectivity index is 2.21. The molecule has 1 aliphatic rings. The summed E-state index contributed by atoms with van der Waals surface area (Å²) in [6.07, 6.45) is 0.278. The highest BCUT2D eigenvalue weighted by Crippen LogP contribution is 2.42. The topological polar surface area (TPSA) is 47.3 Å². The molecule has 0 radical (unpaired) electrons. The number of hydrogen-bond acceptors (Lipinski definition) is 3. The van der Waals surface area contributed by atoms with Crippen molar-refractivity contribution in [2.45, 2.75) is 37.6 Å². The highest BCUT2D eigenvalue weighted by molar-refractivity contribution is 5.33. The first-order chi connectivity index (χ1) is 9.48. The number of nitrogens with one attached hydrogen (secondary N) is 1. The number of benzene rings is 1. The van der Waals surface area contributed by atoms with Gasteiger partial charge >= 0.3 is 0 Å². The standard InChI is InChI=1S/C14H19F3N2O/c1-20-11-4-2-3-10(12(11)15)13(19-18)9-5-7-14(16,17)8-6-9/h2-4,9,13,19H,5-8,18H2,1H3. The number of alkyl halides is 2. The van der Waals surface area contributed by atoms with Crippen LogP contribution in [0, 0.1) is 11.7 Å². The van der Waals surface area contributed by atoms with Crippen LogP contribution in [0.4, 0.5) is 13.2 Å². The van der Waals surface area contributed by atoms with E-state index in [1.807, 2.05) is 0 Å². The maximum atomic E-state index is 14.2. The van der Waals surface area contributed by atoms with Gasteiger partial charge in [0.1, 0.15) is 0 Å². The molecule has 1 atom stereocenters. The molecule has 1 saturated carbocycles. The van der Waals surface area contributed by atoms with Gasteiger partial charge in [-0.05, 0) is 24.8 Å². The molecule has 1 unspecified atom stereocenters. The summed E-state index contributed by atoms with van der Waals surface area (Å²) in [5.74, 6) is 2.44. The van der Waals surface area contributed by atoms with Crippen LogP contribution in [0.3, 0.4) is 0 Å². The highest BCUT2D eigenvalue weighted by atomic mass is 19.3. The summed E-state index contributed by atoms with van der Waals surface area (Å²) < 4.78 is 45.6. The Kier molecular flexibility index (Phi) is 4.55. The van der Waals surface area contributed by atoms with Gasteiger partial charge in [-0.15, -0.1) is 0 Å². The van der Waals surface area contributed by atoms with Crippen LogP contribution in [0.15, 0.2) is 18.2 Å². The summed E-state index contributed by atoms with van der Waals surface area (Å²) in [7, 11) is 1.38. The van der Waals surface area contributed by atoms with E-state index in [-0.39, 0.29) is 24.5 Å². The summed E-state index contributed by atoms with van der Waals surface area (Å²) in [6.45, 7) is 0. The molecule has 6 heteroatoms. The maximum absolute atomic E-state index is 14.2. The van der Waals surface area contributed by atoms with Crippen LogP contribution >= 0.6 is 0 Å². The minimum absolute atomic E-state index is 0.110. The molecule has 3 N–H and O–H groups in total. The lowest BCUT2D eigenvalue weighted by Crippen LogP contribution is -2.37. The zero-order valence-corrected chi connectivity index (χ0v) is 11.3. The smallest absolute Gasteiger partial charge is 0.248 e. The van der Waals surface area contributed by atoms with E-state index in [1.54, 1.807) is 12.1 Å². The van der Waals surface area contributed by atoms with Crippen LogP contribution < -0.4 is 16.0 Å². The number of nitrogens with two attached hydrogens (primary N) is 1. The number of rotatable bonds is 4. The van der Waals surface area contributed by atoms with Gasteiger partial charge in [-0.3, -0.25) is 11.3 Å². The Labute approximate surface area is 116 Å². The predicted molar refractivity (Wildman–Crippen MR) is 69.9 cm³/mol. The van der Waals surface area contributed by atoms with Gasteiger partial charge < -0.3 is 4.74 Å². The zero-order valence-electron chi connectivity index (χ0n) is 11.3.